The molecule has 5 nitrogen and oxygen atoms in total. The van der Waals surface area contributed by atoms with Crippen LogP contribution in [0.4, 0.5) is 18.9 Å². The van der Waals surface area contributed by atoms with Crippen LogP contribution in [0.15, 0.2) is 52.9 Å². The number of hydrogen-bond acceptors (Lipinski definition) is 4. The molecular weight excluding hydrogens is 375 g/mol. The Kier molecular flexibility index (Phi) is 4.33. The standard InChI is InChI=1S/C15H12F3N3O2S2/c1-21-9-13(14(19-21)12-6-3-7-24-12)25(22,23)20-11-5-2-4-10(8-11)15(16,17)18/h2-9,20H,1H3. The van der Waals surface area contributed by atoms with E-state index in [1.54, 1.807) is 24.6 Å². The number of aryl methyl sites for hydroxylation is 1. The number of nitrogens with zero attached hydrogens (tertiary/aromatic N) is 2. The molecule has 0 spiro atoms. The fourth-order valence-corrected chi connectivity index (χ4v) is 4.25. The van der Waals surface area contributed by atoms with Crippen molar-refractivity contribution in [2.75, 3.05) is 4.72 Å². The number of benzene rings is 1. The number of alkyl halides is 3. The molecule has 0 aliphatic rings. The first-order chi connectivity index (χ1) is 11.7. The third-order valence-electron chi connectivity index (χ3n) is 3.28. The molecule has 2 heterocycles. The van der Waals surface area contributed by atoms with E-state index in [2.05, 4.69) is 9.82 Å². The van der Waals surface area contributed by atoms with Crippen LogP contribution in [0.3, 0.4) is 0 Å². The van der Waals surface area contributed by atoms with Gasteiger partial charge in [-0.3, -0.25) is 9.40 Å². The predicted octanol–water partition coefficient (Wildman–Crippen LogP) is 3.97. The van der Waals surface area contributed by atoms with Crippen molar-refractivity contribution in [2.45, 2.75) is 11.1 Å². The molecule has 0 fully saturated rings. The minimum Gasteiger partial charge on any atom is -0.280 e. The number of halogens is 3. The molecule has 132 valence electrons. The molecule has 1 N–H and O–H groups in total. The van der Waals surface area contributed by atoms with Gasteiger partial charge in [-0.1, -0.05) is 12.1 Å². The SMILES string of the molecule is Cn1cc(S(=O)(=O)Nc2cccc(C(F)(F)F)c2)c(-c2cccs2)n1. The third kappa shape index (κ3) is 3.69. The topological polar surface area (TPSA) is 64.0 Å². The van der Waals surface area contributed by atoms with E-state index >= 15 is 0 Å². The highest BCUT2D eigenvalue weighted by Crippen LogP contribution is 2.33. The molecule has 0 bridgehead atoms. The van der Waals surface area contributed by atoms with E-state index in [9.17, 15) is 21.6 Å². The summed E-state index contributed by atoms with van der Waals surface area (Å²) < 4.78 is 67.2. The number of rotatable bonds is 4. The summed E-state index contributed by atoms with van der Waals surface area (Å²) in [7, 11) is -2.54. The minimum atomic E-state index is -4.56. The molecule has 0 amide bonds. The van der Waals surface area contributed by atoms with Gasteiger partial charge in [-0.15, -0.1) is 11.3 Å². The normalized spacial score (nSPS) is 12.3. The molecule has 10 heteroatoms. The van der Waals surface area contributed by atoms with Crippen LogP contribution < -0.4 is 4.72 Å². The van der Waals surface area contributed by atoms with E-state index in [1.165, 1.54) is 28.3 Å². The maximum Gasteiger partial charge on any atom is 0.416 e. The molecule has 25 heavy (non-hydrogen) atoms. The van der Waals surface area contributed by atoms with E-state index in [4.69, 9.17) is 0 Å². The van der Waals surface area contributed by atoms with Gasteiger partial charge >= 0.3 is 6.18 Å². The highest BCUT2D eigenvalue weighted by molar-refractivity contribution is 7.92. The van der Waals surface area contributed by atoms with Gasteiger partial charge in [0.25, 0.3) is 10.0 Å². The molecule has 3 aromatic rings. The number of hydrogen-bond donors (Lipinski definition) is 1. The van der Waals surface area contributed by atoms with Crippen LogP contribution in [0, 0.1) is 0 Å². The summed E-state index contributed by atoms with van der Waals surface area (Å²) in [5.41, 5.74) is -0.856. The summed E-state index contributed by atoms with van der Waals surface area (Å²) in [6.07, 6.45) is -3.25. The number of anilines is 1. The summed E-state index contributed by atoms with van der Waals surface area (Å²) in [5, 5.41) is 5.92. The second-order valence-electron chi connectivity index (χ2n) is 5.18. The van der Waals surface area contributed by atoms with Crippen molar-refractivity contribution < 1.29 is 21.6 Å². The maximum absolute atomic E-state index is 12.8. The van der Waals surface area contributed by atoms with Crippen molar-refractivity contribution in [3.8, 4) is 10.6 Å². The van der Waals surface area contributed by atoms with Crippen molar-refractivity contribution in [2.24, 2.45) is 7.05 Å². The fourth-order valence-electron chi connectivity index (χ4n) is 2.22. The lowest BCUT2D eigenvalue weighted by atomic mass is 10.2. The molecule has 0 aliphatic carbocycles. The lowest BCUT2D eigenvalue weighted by Gasteiger charge is -2.11. The second-order valence-corrected chi connectivity index (χ2v) is 7.78. The van der Waals surface area contributed by atoms with Crippen LogP contribution in [-0.4, -0.2) is 18.2 Å². The Morgan fingerprint density at radius 2 is 1.96 bits per heavy atom. The molecule has 0 atom stereocenters. The van der Waals surface area contributed by atoms with Crippen molar-refractivity contribution in [3.63, 3.8) is 0 Å². The molecule has 0 unspecified atom stereocenters. The van der Waals surface area contributed by atoms with Gasteiger partial charge < -0.3 is 0 Å². The Morgan fingerprint density at radius 1 is 1.20 bits per heavy atom. The van der Waals surface area contributed by atoms with Crippen LogP contribution in [0.5, 0.6) is 0 Å². The van der Waals surface area contributed by atoms with Crippen molar-refractivity contribution in [3.05, 3.63) is 53.5 Å². The van der Waals surface area contributed by atoms with Gasteiger partial charge in [-0.05, 0) is 29.6 Å². The first-order valence-electron chi connectivity index (χ1n) is 6.94. The molecule has 3 rings (SSSR count). The molecule has 0 aliphatic heterocycles. The first kappa shape index (κ1) is 17.5. The summed E-state index contributed by atoms with van der Waals surface area (Å²) in [5.74, 6) is 0. The van der Waals surface area contributed by atoms with Gasteiger partial charge in [0.2, 0.25) is 0 Å². The first-order valence-corrected chi connectivity index (χ1v) is 9.31. The number of sulfonamides is 1. The average molecular weight is 387 g/mol. The Labute approximate surface area is 145 Å². The number of nitrogens with one attached hydrogen (secondary N) is 1. The Morgan fingerprint density at radius 3 is 2.60 bits per heavy atom. The van der Waals surface area contributed by atoms with Crippen LogP contribution in [0.1, 0.15) is 5.56 Å². The van der Waals surface area contributed by atoms with Crippen LogP contribution in [0.2, 0.25) is 0 Å². The van der Waals surface area contributed by atoms with Gasteiger partial charge in [0, 0.05) is 18.9 Å². The minimum absolute atomic E-state index is 0.102. The predicted molar refractivity (Wildman–Crippen MR) is 88.8 cm³/mol. The summed E-state index contributed by atoms with van der Waals surface area (Å²) in [6, 6.07) is 7.50. The Bertz CT molecular complexity index is 993. The van der Waals surface area contributed by atoms with Gasteiger partial charge in [-0.25, -0.2) is 8.42 Å². The molecular formula is C15H12F3N3O2S2. The summed E-state index contributed by atoms with van der Waals surface area (Å²) >= 11 is 1.31. The van der Waals surface area contributed by atoms with Crippen molar-refractivity contribution in [1.29, 1.82) is 0 Å². The number of aromatic nitrogens is 2. The molecule has 1 aromatic carbocycles. The monoisotopic (exact) mass is 387 g/mol. The van der Waals surface area contributed by atoms with Crippen LogP contribution >= 0.6 is 11.3 Å². The molecule has 0 saturated heterocycles. The molecule has 0 radical (unpaired) electrons. The zero-order valence-corrected chi connectivity index (χ0v) is 14.4. The second kappa shape index (κ2) is 6.19. The van der Waals surface area contributed by atoms with Gasteiger partial charge in [0.1, 0.15) is 10.6 Å². The summed E-state index contributed by atoms with van der Waals surface area (Å²) in [4.78, 5) is 0.542. The zero-order valence-electron chi connectivity index (χ0n) is 12.8. The Hall–Kier alpha value is -2.33. The van der Waals surface area contributed by atoms with E-state index < -0.39 is 21.8 Å². The lowest BCUT2D eigenvalue weighted by Crippen LogP contribution is -2.14. The highest BCUT2D eigenvalue weighted by atomic mass is 32.2. The van der Waals surface area contributed by atoms with Crippen molar-refractivity contribution >= 4 is 27.0 Å². The zero-order chi connectivity index (χ0) is 18.2. The quantitative estimate of drug-likeness (QED) is 0.737. The number of thiophene rings is 1. The molecule has 2 aromatic heterocycles. The van der Waals surface area contributed by atoms with E-state index in [1.807, 2.05) is 0 Å². The van der Waals surface area contributed by atoms with Crippen molar-refractivity contribution in [1.82, 2.24) is 9.78 Å². The molecule has 0 saturated carbocycles. The third-order valence-corrected chi connectivity index (χ3v) is 5.54. The Balaban J connectivity index is 1.99. The average Bonchev–Trinajstić information content (AvgIpc) is 3.15. The largest absolute Gasteiger partial charge is 0.416 e. The van der Waals surface area contributed by atoms with Crippen LogP contribution in [0.25, 0.3) is 10.6 Å². The lowest BCUT2D eigenvalue weighted by molar-refractivity contribution is -0.137. The smallest absolute Gasteiger partial charge is 0.280 e. The van der Waals surface area contributed by atoms with Gasteiger partial charge in [0.05, 0.1) is 10.4 Å². The summed E-state index contributed by atoms with van der Waals surface area (Å²) in [6.45, 7) is 0. The maximum atomic E-state index is 12.8. The van der Waals surface area contributed by atoms with E-state index in [0.29, 0.717) is 4.88 Å². The van der Waals surface area contributed by atoms with Gasteiger partial charge in [0.15, 0.2) is 0 Å². The van der Waals surface area contributed by atoms with Crippen LogP contribution in [-0.2, 0) is 23.2 Å². The van der Waals surface area contributed by atoms with E-state index in [-0.39, 0.29) is 16.3 Å². The highest BCUT2D eigenvalue weighted by Gasteiger charge is 2.31. The van der Waals surface area contributed by atoms with Gasteiger partial charge in [-0.2, -0.15) is 18.3 Å². The van der Waals surface area contributed by atoms with E-state index in [0.717, 1.165) is 18.2 Å². The fraction of sp³-hybridized carbons (Fsp3) is 0.133.